The standard InChI is InChI=1S/C11H14N4O2S/c1-9-11(14(2)18(3,16)17)8-15(13-9)10-5-4-6-12-7-10/h4-8H,1-3H3. The Labute approximate surface area is 106 Å². The van der Waals surface area contributed by atoms with Gasteiger partial charge in [-0.2, -0.15) is 5.10 Å². The molecule has 18 heavy (non-hydrogen) atoms. The van der Waals surface area contributed by atoms with E-state index in [-0.39, 0.29) is 0 Å². The molecule has 0 spiro atoms. The van der Waals surface area contributed by atoms with Crippen molar-refractivity contribution in [2.45, 2.75) is 6.92 Å². The van der Waals surface area contributed by atoms with E-state index in [0.717, 1.165) is 11.9 Å². The van der Waals surface area contributed by atoms with Gasteiger partial charge in [0.2, 0.25) is 10.0 Å². The van der Waals surface area contributed by atoms with Gasteiger partial charge in [0, 0.05) is 13.2 Å². The minimum Gasteiger partial charge on any atom is -0.270 e. The summed E-state index contributed by atoms with van der Waals surface area (Å²) in [6.45, 7) is 1.77. The summed E-state index contributed by atoms with van der Waals surface area (Å²) in [5.74, 6) is 0. The van der Waals surface area contributed by atoms with Crippen molar-refractivity contribution in [3.05, 3.63) is 36.4 Å². The second-order valence-corrected chi connectivity index (χ2v) is 6.00. The Bertz CT molecular complexity index is 649. The fourth-order valence-corrected chi connectivity index (χ4v) is 2.10. The van der Waals surface area contributed by atoms with Crippen molar-refractivity contribution in [1.82, 2.24) is 14.8 Å². The molecule has 6 nitrogen and oxygen atoms in total. The predicted octanol–water partition coefficient (Wildman–Crippen LogP) is 0.972. The third-order valence-electron chi connectivity index (χ3n) is 2.62. The van der Waals surface area contributed by atoms with Crippen LogP contribution in [-0.2, 0) is 10.0 Å². The molecular formula is C11H14N4O2S. The van der Waals surface area contributed by atoms with Crippen LogP contribution in [0.5, 0.6) is 0 Å². The molecule has 0 aliphatic heterocycles. The summed E-state index contributed by atoms with van der Waals surface area (Å²) >= 11 is 0. The van der Waals surface area contributed by atoms with E-state index >= 15 is 0 Å². The van der Waals surface area contributed by atoms with Gasteiger partial charge in [0.15, 0.2) is 0 Å². The maximum Gasteiger partial charge on any atom is 0.232 e. The van der Waals surface area contributed by atoms with Crippen molar-refractivity contribution >= 4 is 15.7 Å². The first-order valence-electron chi connectivity index (χ1n) is 5.30. The molecule has 0 radical (unpaired) electrons. The van der Waals surface area contributed by atoms with Gasteiger partial charge >= 0.3 is 0 Å². The number of anilines is 1. The number of hydrogen-bond donors (Lipinski definition) is 0. The zero-order valence-corrected chi connectivity index (χ0v) is 11.2. The van der Waals surface area contributed by atoms with Gasteiger partial charge in [0.05, 0.1) is 35.7 Å². The van der Waals surface area contributed by atoms with E-state index in [9.17, 15) is 8.42 Å². The summed E-state index contributed by atoms with van der Waals surface area (Å²) < 4.78 is 25.8. The highest BCUT2D eigenvalue weighted by atomic mass is 32.2. The zero-order valence-electron chi connectivity index (χ0n) is 10.4. The lowest BCUT2D eigenvalue weighted by molar-refractivity contribution is 0.600. The van der Waals surface area contributed by atoms with E-state index in [1.807, 2.05) is 6.07 Å². The van der Waals surface area contributed by atoms with Gasteiger partial charge in [0.1, 0.15) is 0 Å². The molecule has 0 N–H and O–H groups in total. The lowest BCUT2D eigenvalue weighted by Gasteiger charge is -2.14. The normalized spacial score (nSPS) is 11.5. The third kappa shape index (κ3) is 2.35. The molecule has 2 aromatic heterocycles. The summed E-state index contributed by atoms with van der Waals surface area (Å²) in [7, 11) is -1.78. The Hall–Kier alpha value is -1.89. The van der Waals surface area contributed by atoms with Crippen LogP contribution in [0.1, 0.15) is 5.69 Å². The molecule has 0 unspecified atom stereocenters. The Kier molecular flexibility index (Phi) is 3.08. The molecule has 0 fully saturated rings. The molecule has 0 bridgehead atoms. The summed E-state index contributed by atoms with van der Waals surface area (Å²) in [6.07, 6.45) is 6.17. The Morgan fingerprint density at radius 3 is 2.67 bits per heavy atom. The number of sulfonamides is 1. The van der Waals surface area contributed by atoms with Gasteiger partial charge in [-0.25, -0.2) is 13.1 Å². The molecule has 7 heteroatoms. The van der Waals surface area contributed by atoms with Crippen LogP contribution < -0.4 is 4.31 Å². The maximum absolute atomic E-state index is 11.5. The fraction of sp³-hybridized carbons (Fsp3) is 0.273. The van der Waals surface area contributed by atoms with Gasteiger partial charge in [-0.15, -0.1) is 0 Å². The van der Waals surface area contributed by atoms with Crippen molar-refractivity contribution in [3.63, 3.8) is 0 Å². The van der Waals surface area contributed by atoms with Crippen LogP contribution in [-0.4, -0.2) is 36.5 Å². The van der Waals surface area contributed by atoms with Gasteiger partial charge < -0.3 is 0 Å². The molecule has 2 aromatic rings. The molecule has 0 atom stereocenters. The molecular weight excluding hydrogens is 252 g/mol. The lowest BCUT2D eigenvalue weighted by Crippen LogP contribution is -2.25. The number of hydrogen-bond acceptors (Lipinski definition) is 4. The Balaban J connectivity index is 2.46. The number of aromatic nitrogens is 3. The summed E-state index contributed by atoms with van der Waals surface area (Å²) in [5, 5.41) is 4.29. The van der Waals surface area contributed by atoms with Gasteiger partial charge in [0.25, 0.3) is 0 Å². The molecule has 0 amide bonds. The van der Waals surface area contributed by atoms with Crippen LogP contribution in [0.4, 0.5) is 5.69 Å². The van der Waals surface area contributed by atoms with Gasteiger partial charge in [-0.3, -0.25) is 9.29 Å². The van der Waals surface area contributed by atoms with Crippen LogP contribution in [0.2, 0.25) is 0 Å². The highest BCUT2D eigenvalue weighted by Crippen LogP contribution is 2.21. The average Bonchev–Trinajstić information content (AvgIpc) is 2.70. The minimum absolute atomic E-state index is 0.557. The molecule has 0 aliphatic carbocycles. The quantitative estimate of drug-likeness (QED) is 0.830. The van der Waals surface area contributed by atoms with Gasteiger partial charge in [-0.05, 0) is 19.1 Å². The minimum atomic E-state index is -3.28. The molecule has 0 saturated heterocycles. The van der Waals surface area contributed by atoms with E-state index in [1.165, 1.54) is 11.4 Å². The highest BCUT2D eigenvalue weighted by Gasteiger charge is 2.17. The SMILES string of the molecule is Cc1nn(-c2cccnc2)cc1N(C)S(C)(=O)=O. The smallest absolute Gasteiger partial charge is 0.232 e. The first kappa shape index (κ1) is 12.6. The molecule has 0 aromatic carbocycles. The van der Waals surface area contributed by atoms with Crippen LogP contribution in [0.15, 0.2) is 30.7 Å². The molecule has 2 heterocycles. The van der Waals surface area contributed by atoms with Crippen LogP contribution in [0.25, 0.3) is 5.69 Å². The first-order valence-corrected chi connectivity index (χ1v) is 7.15. The molecule has 96 valence electrons. The predicted molar refractivity (Wildman–Crippen MR) is 69.3 cm³/mol. The van der Waals surface area contributed by atoms with Crippen molar-refractivity contribution in [2.75, 3.05) is 17.6 Å². The first-order chi connectivity index (χ1) is 8.39. The highest BCUT2D eigenvalue weighted by molar-refractivity contribution is 7.92. The fourth-order valence-electron chi connectivity index (χ4n) is 1.56. The van der Waals surface area contributed by atoms with Crippen LogP contribution in [0.3, 0.4) is 0 Å². The monoisotopic (exact) mass is 266 g/mol. The van der Waals surface area contributed by atoms with Gasteiger partial charge in [-0.1, -0.05) is 0 Å². The van der Waals surface area contributed by atoms with Crippen LogP contribution in [0, 0.1) is 6.92 Å². The van der Waals surface area contributed by atoms with E-state index in [2.05, 4.69) is 10.1 Å². The third-order valence-corrected chi connectivity index (χ3v) is 3.81. The summed E-state index contributed by atoms with van der Waals surface area (Å²) in [6, 6.07) is 3.65. The van der Waals surface area contributed by atoms with Crippen molar-refractivity contribution in [2.24, 2.45) is 0 Å². The maximum atomic E-state index is 11.5. The van der Waals surface area contributed by atoms with E-state index in [4.69, 9.17) is 0 Å². The second kappa shape index (κ2) is 4.41. The van der Waals surface area contributed by atoms with Crippen molar-refractivity contribution in [3.8, 4) is 5.69 Å². The number of aryl methyl sites for hydroxylation is 1. The topological polar surface area (TPSA) is 68.1 Å². The second-order valence-electron chi connectivity index (χ2n) is 3.99. The zero-order chi connectivity index (χ0) is 13.3. The van der Waals surface area contributed by atoms with E-state index in [1.54, 1.807) is 36.3 Å². The number of pyridine rings is 1. The number of rotatable bonds is 3. The lowest BCUT2D eigenvalue weighted by atomic mass is 10.4. The van der Waals surface area contributed by atoms with E-state index < -0.39 is 10.0 Å². The van der Waals surface area contributed by atoms with E-state index in [0.29, 0.717) is 11.4 Å². The molecule has 2 rings (SSSR count). The molecule has 0 saturated carbocycles. The Morgan fingerprint density at radius 1 is 1.39 bits per heavy atom. The van der Waals surface area contributed by atoms with Crippen LogP contribution >= 0.6 is 0 Å². The Morgan fingerprint density at radius 2 is 2.11 bits per heavy atom. The summed E-state index contributed by atoms with van der Waals surface area (Å²) in [4.78, 5) is 4.00. The average molecular weight is 266 g/mol. The number of nitrogens with zero attached hydrogens (tertiary/aromatic N) is 4. The van der Waals surface area contributed by atoms with Crippen molar-refractivity contribution in [1.29, 1.82) is 0 Å². The largest absolute Gasteiger partial charge is 0.270 e. The summed E-state index contributed by atoms with van der Waals surface area (Å²) in [5.41, 5.74) is 1.99. The molecule has 0 aliphatic rings. The van der Waals surface area contributed by atoms with Crippen molar-refractivity contribution < 1.29 is 8.42 Å².